The maximum Gasteiger partial charge on any atom is 0.261 e. The highest BCUT2D eigenvalue weighted by Gasteiger charge is 2.28. The van der Waals surface area contributed by atoms with Crippen LogP contribution in [0, 0.1) is 5.92 Å². The fraction of sp³-hybridized carbons (Fsp3) is 0.619. The van der Waals surface area contributed by atoms with Crippen molar-refractivity contribution in [2.75, 3.05) is 33.2 Å². The molecule has 3 rings (SSSR count). The van der Waals surface area contributed by atoms with E-state index in [4.69, 9.17) is 4.98 Å². The quantitative estimate of drug-likeness (QED) is 0.715. The highest BCUT2D eigenvalue weighted by molar-refractivity contribution is 9.10. The summed E-state index contributed by atoms with van der Waals surface area (Å²) in [6.07, 6.45) is 2.09. The lowest BCUT2D eigenvalue weighted by molar-refractivity contribution is 0.167. The molecule has 2 heterocycles. The zero-order valence-electron chi connectivity index (χ0n) is 16.9. The molecule has 1 saturated heterocycles. The van der Waals surface area contributed by atoms with E-state index >= 15 is 0 Å². The van der Waals surface area contributed by atoms with E-state index in [1.807, 2.05) is 29.7 Å². The van der Waals surface area contributed by atoms with E-state index in [-0.39, 0.29) is 11.6 Å². The van der Waals surface area contributed by atoms with Crippen molar-refractivity contribution < 1.29 is 0 Å². The molecule has 5 nitrogen and oxygen atoms in total. The van der Waals surface area contributed by atoms with Gasteiger partial charge in [-0.05, 0) is 44.5 Å². The highest BCUT2D eigenvalue weighted by Crippen LogP contribution is 2.28. The van der Waals surface area contributed by atoms with Gasteiger partial charge in [-0.3, -0.25) is 14.3 Å². The van der Waals surface area contributed by atoms with Crippen molar-refractivity contribution >= 4 is 26.8 Å². The molecular formula is C21H31BrN4O. The molecule has 0 bridgehead atoms. The average Bonchev–Trinajstić information content (AvgIpc) is 2.80. The zero-order valence-corrected chi connectivity index (χ0v) is 18.5. The standard InChI is InChI=1S/C21H31BrN4O/c1-5-7-19(25-11-10-24(4)13-15(3)14-25)20-23-18-9-8-16(22)12-17(18)21(27)26(20)6-2/h8-9,12,15,19H,5-7,10-11,13-14H2,1-4H3/t15-,19+/m0/s1. The van der Waals surface area contributed by atoms with Crippen LogP contribution in [0.15, 0.2) is 27.5 Å². The number of aromatic nitrogens is 2. The van der Waals surface area contributed by atoms with Crippen LogP contribution in [0.3, 0.4) is 0 Å². The Morgan fingerprint density at radius 3 is 2.74 bits per heavy atom. The van der Waals surface area contributed by atoms with Crippen molar-refractivity contribution in [3.63, 3.8) is 0 Å². The van der Waals surface area contributed by atoms with Crippen molar-refractivity contribution in [2.24, 2.45) is 5.92 Å². The summed E-state index contributed by atoms with van der Waals surface area (Å²) in [5, 5.41) is 0.689. The summed E-state index contributed by atoms with van der Waals surface area (Å²) in [5.74, 6) is 1.53. The molecule has 148 valence electrons. The minimum absolute atomic E-state index is 0.0693. The summed E-state index contributed by atoms with van der Waals surface area (Å²) < 4.78 is 2.80. The van der Waals surface area contributed by atoms with Crippen LogP contribution < -0.4 is 5.56 Å². The van der Waals surface area contributed by atoms with Crippen molar-refractivity contribution in [3.05, 3.63) is 38.9 Å². The molecule has 6 heteroatoms. The second-order valence-corrected chi connectivity index (χ2v) is 8.76. The van der Waals surface area contributed by atoms with Gasteiger partial charge in [-0.25, -0.2) is 4.98 Å². The van der Waals surface area contributed by atoms with E-state index in [2.05, 4.69) is 46.6 Å². The largest absolute Gasteiger partial charge is 0.305 e. The Bertz CT molecular complexity index is 850. The molecule has 2 atom stereocenters. The minimum atomic E-state index is 0.0693. The van der Waals surface area contributed by atoms with Crippen LogP contribution >= 0.6 is 15.9 Å². The van der Waals surface area contributed by atoms with E-state index in [9.17, 15) is 4.79 Å². The van der Waals surface area contributed by atoms with Gasteiger partial charge in [-0.15, -0.1) is 0 Å². The van der Waals surface area contributed by atoms with Gasteiger partial charge >= 0.3 is 0 Å². The highest BCUT2D eigenvalue weighted by atomic mass is 79.9. The predicted molar refractivity (Wildman–Crippen MR) is 115 cm³/mol. The van der Waals surface area contributed by atoms with Gasteiger partial charge in [0.15, 0.2) is 0 Å². The molecule has 0 unspecified atom stereocenters. The number of nitrogens with zero attached hydrogens (tertiary/aromatic N) is 4. The molecule has 1 aromatic heterocycles. The third-order valence-corrected chi connectivity index (χ3v) is 5.99. The lowest BCUT2D eigenvalue weighted by Crippen LogP contribution is -2.38. The molecule has 27 heavy (non-hydrogen) atoms. The predicted octanol–water partition coefficient (Wildman–Crippen LogP) is 3.90. The molecule has 1 aliphatic rings. The number of hydrogen-bond donors (Lipinski definition) is 0. The van der Waals surface area contributed by atoms with Gasteiger partial charge < -0.3 is 4.90 Å². The molecule has 2 aromatic rings. The number of fused-ring (bicyclic) bond motifs is 1. The Hall–Kier alpha value is -1.24. The Balaban J connectivity index is 2.10. The van der Waals surface area contributed by atoms with Crippen molar-refractivity contribution in [1.29, 1.82) is 0 Å². The van der Waals surface area contributed by atoms with Gasteiger partial charge in [0.25, 0.3) is 5.56 Å². The van der Waals surface area contributed by atoms with Crippen LogP contribution in [0.4, 0.5) is 0 Å². The molecule has 0 radical (unpaired) electrons. The number of benzene rings is 1. The molecule has 0 saturated carbocycles. The normalized spacial score (nSPS) is 20.7. The fourth-order valence-electron chi connectivity index (χ4n) is 4.27. The van der Waals surface area contributed by atoms with E-state index in [0.29, 0.717) is 17.8 Å². The SMILES string of the molecule is CCC[C@H](c1nc2ccc(Br)cc2c(=O)n1CC)N1CCN(C)C[C@H](C)C1. The third-order valence-electron chi connectivity index (χ3n) is 5.50. The van der Waals surface area contributed by atoms with Gasteiger partial charge in [0.2, 0.25) is 0 Å². The van der Waals surface area contributed by atoms with E-state index < -0.39 is 0 Å². The van der Waals surface area contributed by atoms with Crippen LogP contribution in [0.2, 0.25) is 0 Å². The molecule has 0 N–H and O–H groups in total. The fourth-order valence-corrected chi connectivity index (χ4v) is 4.63. The van der Waals surface area contributed by atoms with E-state index in [1.54, 1.807) is 0 Å². The van der Waals surface area contributed by atoms with Crippen LogP contribution in [0.5, 0.6) is 0 Å². The Labute approximate surface area is 170 Å². The molecule has 1 fully saturated rings. The second-order valence-electron chi connectivity index (χ2n) is 7.85. The van der Waals surface area contributed by atoms with Crippen molar-refractivity contribution in [3.8, 4) is 0 Å². The average molecular weight is 435 g/mol. The summed E-state index contributed by atoms with van der Waals surface area (Å²) >= 11 is 3.48. The van der Waals surface area contributed by atoms with Gasteiger partial charge in [-0.2, -0.15) is 0 Å². The third kappa shape index (κ3) is 4.44. The Kier molecular flexibility index (Phi) is 6.71. The number of likely N-dealkylation sites (N-methyl/N-ethyl adjacent to an activating group) is 1. The molecule has 0 amide bonds. The van der Waals surface area contributed by atoms with Crippen LogP contribution in [0.25, 0.3) is 10.9 Å². The van der Waals surface area contributed by atoms with Gasteiger partial charge in [0.05, 0.1) is 16.9 Å². The van der Waals surface area contributed by atoms with Gasteiger partial charge in [-0.1, -0.05) is 36.2 Å². The first-order valence-electron chi connectivity index (χ1n) is 10.1. The lowest BCUT2D eigenvalue weighted by atomic mass is 10.1. The maximum absolute atomic E-state index is 13.2. The Morgan fingerprint density at radius 2 is 2.04 bits per heavy atom. The summed E-state index contributed by atoms with van der Waals surface area (Å²) in [7, 11) is 2.20. The van der Waals surface area contributed by atoms with Crippen LogP contribution in [0.1, 0.15) is 45.5 Å². The molecular weight excluding hydrogens is 404 g/mol. The first kappa shape index (κ1) is 20.5. The summed E-state index contributed by atoms with van der Waals surface area (Å²) in [6.45, 7) is 11.5. The van der Waals surface area contributed by atoms with Crippen LogP contribution in [-0.4, -0.2) is 52.6 Å². The lowest BCUT2D eigenvalue weighted by Gasteiger charge is -2.32. The first-order valence-corrected chi connectivity index (χ1v) is 10.9. The summed E-state index contributed by atoms with van der Waals surface area (Å²) in [5.41, 5.74) is 0.865. The number of rotatable bonds is 5. The topological polar surface area (TPSA) is 41.4 Å². The smallest absolute Gasteiger partial charge is 0.261 e. The van der Waals surface area contributed by atoms with Gasteiger partial charge in [0, 0.05) is 37.2 Å². The Morgan fingerprint density at radius 1 is 1.26 bits per heavy atom. The molecule has 1 aliphatic heterocycles. The van der Waals surface area contributed by atoms with Crippen molar-refractivity contribution in [1.82, 2.24) is 19.4 Å². The number of halogens is 1. The maximum atomic E-state index is 13.2. The zero-order chi connectivity index (χ0) is 19.6. The molecule has 0 spiro atoms. The van der Waals surface area contributed by atoms with E-state index in [0.717, 1.165) is 54.8 Å². The summed E-state index contributed by atoms with van der Waals surface area (Å²) in [6, 6.07) is 5.99. The van der Waals surface area contributed by atoms with Gasteiger partial charge in [0.1, 0.15) is 5.82 Å². The van der Waals surface area contributed by atoms with Crippen LogP contribution in [-0.2, 0) is 6.54 Å². The monoisotopic (exact) mass is 434 g/mol. The second kappa shape index (κ2) is 8.84. The van der Waals surface area contributed by atoms with E-state index in [1.165, 1.54) is 0 Å². The summed E-state index contributed by atoms with van der Waals surface area (Å²) in [4.78, 5) is 23.1. The minimum Gasteiger partial charge on any atom is -0.305 e. The van der Waals surface area contributed by atoms with Crippen molar-refractivity contribution in [2.45, 2.75) is 46.2 Å². The molecule has 1 aromatic carbocycles. The molecule has 0 aliphatic carbocycles. The first-order chi connectivity index (χ1) is 12.9. The number of hydrogen-bond acceptors (Lipinski definition) is 4.